The van der Waals surface area contributed by atoms with Gasteiger partial charge in [0.1, 0.15) is 23.0 Å². The van der Waals surface area contributed by atoms with E-state index in [1.165, 1.54) is 11.1 Å². The van der Waals surface area contributed by atoms with Crippen LogP contribution in [0.4, 0.5) is 0 Å². The largest absolute Gasteiger partial charge is 0.463 e. The van der Waals surface area contributed by atoms with Crippen LogP contribution in [-0.4, -0.2) is 0 Å². The Hall–Kier alpha value is -3.14. The highest BCUT2D eigenvalue weighted by atomic mass is 31.2. The first kappa shape index (κ1) is 46.4. The lowest BCUT2D eigenvalue weighted by Gasteiger charge is -2.34. The molecule has 0 N–H and O–H groups in total. The van der Waals surface area contributed by atoms with E-state index in [1.807, 2.05) is 0 Å². The lowest BCUT2D eigenvalue weighted by Crippen LogP contribution is -2.21. The molecule has 0 saturated heterocycles. The van der Waals surface area contributed by atoms with E-state index in [4.69, 9.17) is 27.1 Å². The Bertz CT molecular complexity index is 2100. The van der Waals surface area contributed by atoms with E-state index in [9.17, 15) is 0 Å². The van der Waals surface area contributed by atoms with Crippen molar-refractivity contribution < 1.29 is 27.1 Å². The molecule has 0 spiro atoms. The molecule has 0 saturated carbocycles. The van der Waals surface area contributed by atoms with Gasteiger partial charge in [0.15, 0.2) is 0 Å². The minimum absolute atomic E-state index is 0.0191. The molecular formula is C52H72O6P2. The number of benzene rings is 4. The molecule has 0 aliphatic carbocycles. The predicted molar refractivity (Wildman–Crippen MR) is 252 cm³/mol. The maximum Gasteiger partial charge on any atom is 0.463 e. The van der Waals surface area contributed by atoms with Gasteiger partial charge in [0.2, 0.25) is 0 Å². The molecule has 2 aliphatic heterocycles. The summed E-state index contributed by atoms with van der Waals surface area (Å²) >= 11 is 0. The Balaban J connectivity index is 1.49. The zero-order valence-electron chi connectivity index (χ0n) is 40.4. The smallest absolute Gasteiger partial charge is 0.417 e. The fourth-order valence-corrected chi connectivity index (χ4v) is 9.93. The van der Waals surface area contributed by atoms with Crippen LogP contribution in [0.1, 0.15) is 180 Å². The molecule has 8 heteroatoms. The molecule has 0 amide bonds. The number of aryl methyl sites for hydroxylation is 2. The number of hydrogen-bond donors (Lipinski definition) is 0. The van der Waals surface area contributed by atoms with E-state index in [1.54, 1.807) is 0 Å². The van der Waals surface area contributed by atoms with Gasteiger partial charge in [-0.1, -0.05) is 149 Å². The van der Waals surface area contributed by atoms with Gasteiger partial charge in [-0.25, -0.2) is 0 Å². The third-order valence-corrected chi connectivity index (χ3v) is 13.4. The summed E-state index contributed by atoms with van der Waals surface area (Å²) < 4.78 is 41.1. The third-order valence-electron chi connectivity index (χ3n) is 11.4. The Morgan fingerprint density at radius 2 is 0.717 bits per heavy atom. The minimum Gasteiger partial charge on any atom is -0.417 e. The van der Waals surface area contributed by atoms with Gasteiger partial charge in [0.05, 0.1) is 13.2 Å². The third kappa shape index (κ3) is 9.89. The van der Waals surface area contributed by atoms with Gasteiger partial charge >= 0.3 is 17.2 Å². The summed E-state index contributed by atoms with van der Waals surface area (Å²) in [7, 11) is -3.64. The maximum absolute atomic E-state index is 7.13. The number of rotatable bonds is 5. The second kappa shape index (κ2) is 15.9. The van der Waals surface area contributed by atoms with E-state index in [2.05, 4.69) is 187 Å². The van der Waals surface area contributed by atoms with Crippen LogP contribution < -0.4 is 18.1 Å². The monoisotopic (exact) mass is 854 g/mol. The van der Waals surface area contributed by atoms with Crippen molar-refractivity contribution in [2.45, 2.75) is 184 Å². The van der Waals surface area contributed by atoms with Crippen LogP contribution in [0.3, 0.4) is 0 Å². The number of hydrogen-bond acceptors (Lipinski definition) is 6. The average Bonchev–Trinajstić information content (AvgIpc) is 3.09. The first-order valence-electron chi connectivity index (χ1n) is 21.6. The van der Waals surface area contributed by atoms with Crippen molar-refractivity contribution in [3.63, 3.8) is 0 Å². The molecule has 2 aliphatic rings. The summed E-state index contributed by atoms with van der Waals surface area (Å²) in [5, 5.41) is 0. The van der Waals surface area contributed by atoms with Crippen LogP contribution in [0.15, 0.2) is 48.5 Å². The highest BCUT2D eigenvalue weighted by Gasteiger charge is 2.38. The van der Waals surface area contributed by atoms with Crippen LogP contribution in [-0.2, 0) is 54.8 Å². The van der Waals surface area contributed by atoms with Gasteiger partial charge in [0, 0.05) is 44.5 Å². The maximum atomic E-state index is 7.13. The lowest BCUT2D eigenvalue weighted by atomic mass is 9.79. The normalized spacial score (nSPS) is 17.7. The molecular weight excluding hydrogens is 783 g/mol. The second-order valence-electron chi connectivity index (χ2n) is 23.3. The summed E-state index contributed by atoms with van der Waals surface area (Å²) in [4.78, 5) is 0. The molecule has 2 heterocycles. The van der Waals surface area contributed by atoms with Crippen molar-refractivity contribution in [2.24, 2.45) is 0 Å². The zero-order valence-corrected chi connectivity index (χ0v) is 42.2. The van der Waals surface area contributed by atoms with E-state index < -0.39 is 17.2 Å². The van der Waals surface area contributed by atoms with E-state index in [0.29, 0.717) is 13.2 Å². The fourth-order valence-electron chi connectivity index (χ4n) is 7.73. The number of fused-ring (bicyclic) bond motifs is 2. The van der Waals surface area contributed by atoms with Gasteiger partial charge in [0.25, 0.3) is 0 Å². The summed E-state index contributed by atoms with van der Waals surface area (Å²) in [6, 6.07) is 18.0. The summed E-state index contributed by atoms with van der Waals surface area (Å²) in [6.07, 6.45) is 0. The van der Waals surface area contributed by atoms with Crippen LogP contribution in [0.2, 0.25) is 0 Å². The quantitative estimate of drug-likeness (QED) is 0.186. The minimum atomic E-state index is -1.82. The molecule has 0 radical (unpaired) electrons. The van der Waals surface area contributed by atoms with Gasteiger partial charge < -0.3 is 18.1 Å². The molecule has 0 fully saturated rings. The highest BCUT2D eigenvalue weighted by molar-refractivity contribution is 7.43. The van der Waals surface area contributed by atoms with Crippen LogP contribution in [0, 0.1) is 13.8 Å². The van der Waals surface area contributed by atoms with E-state index in [0.717, 1.165) is 78.6 Å². The molecule has 0 bridgehead atoms. The molecule has 6 nitrogen and oxygen atoms in total. The molecule has 0 aromatic heterocycles. The summed E-state index contributed by atoms with van der Waals surface area (Å²) in [5.74, 6) is 3.20. The van der Waals surface area contributed by atoms with Gasteiger partial charge in [-0.3, -0.25) is 9.05 Å². The zero-order chi connectivity index (χ0) is 44.7. The van der Waals surface area contributed by atoms with Crippen molar-refractivity contribution >= 4 is 17.2 Å². The first-order chi connectivity index (χ1) is 27.3. The topological polar surface area (TPSA) is 55.4 Å². The molecule has 6 rings (SSSR count). The van der Waals surface area contributed by atoms with Gasteiger partial charge in [-0.2, -0.15) is 0 Å². The Morgan fingerprint density at radius 3 is 1.00 bits per heavy atom. The first-order valence-corrected chi connectivity index (χ1v) is 23.8. The van der Waals surface area contributed by atoms with Gasteiger partial charge in [-0.05, 0) is 92.9 Å². The highest BCUT2D eigenvalue weighted by Crippen LogP contribution is 2.58. The second-order valence-corrected chi connectivity index (χ2v) is 25.4. The van der Waals surface area contributed by atoms with Crippen LogP contribution in [0.5, 0.6) is 23.0 Å². The molecule has 326 valence electrons. The van der Waals surface area contributed by atoms with Crippen molar-refractivity contribution in [2.75, 3.05) is 0 Å². The summed E-state index contributed by atoms with van der Waals surface area (Å²) in [6.45, 7) is 45.4. The van der Waals surface area contributed by atoms with E-state index >= 15 is 0 Å². The Kier molecular flexibility index (Phi) is 12.3. The van der Waals surface area contributed by atoms with E-state index in [-0.39, 0.29) is 32.5 Å². The predicted octanol–water partition coefficient (Wildman–Crippen LogP) is 16.2. The van der Waals surface area contributed by atoms with Crippen molar-refractivity contribution in [3.8, 4) is 34.1 Å². The van der Waals surface area contributed by atoms with Crippen LogP contribution >= 0.6 is 17.2 Å². The Labute approximate surface area is 365 Å². The van der Waals surface area contributed by atoms with Crippen LogP contribution in [0.25, 0.3) is 11.1 Å². The molecule has 2 atom stereocenters. The standard InChI is InChI=1S/C52H72O6P2/c1-31-21-37(45(39(23-31)49(9,10)11)57-59-53-29-33-25-35(47(3,4)5)27-41(43(33)55-59)51(15,16)17)38-22-32(2)24-40(50(12,13)14)46(38)58-60-54-30-34-26-36(48(6,7)8)28-42(44(34)56-60)52(18,19)20/h21-28H,29-30H2,1-20H3. The molecule has 2 unspecified atom stereocenters. The SMILES string of the molecule is Cc1cc(-c2cc(C)cc(C(C)(C)C)c2OP2OCc3cc(C(C)(C)C)cc(C(C)(C)C)c3O2)c(OP2OCc3cc(C(C)(C)C)cc(C(C)(C)C)c3O2)c(C(C)(C)C)c1. The van der Waals surface area contributed by atoms with Crippen molar-refractivity contribution in [3.05, 3.63) is 104 Å². The Morgan fingerprint density at radius 1 is 0.400 bits per heavy atom. The fraction of sp³-hybridized carbons (Fsp3) is 0.538. The van der Waals surface area contributed by atoms with Gasteiger partial charge in [-0.15, -0.1) is 0 Å². The summed E-state index contributed by atoms with van der Waals surface area (Å²) in [5.41, 5.74) is 12.3. The molecule has 4 aromatic carbocycles. The van der Waals surface area contributed by atoms with Crippen molar-refractivity contribution in [1.82, 2.24) is 0 Å². The molecule has 4 aromatic rings. The average molecular weight is 855 g/mol. The molecule has 60 heavy (non-hydrogen) atoms. The van der Waals surface area contributed by atoms with Crippen molar-refractivity contribution in [1.29, 1.82) is 0 Å². The lowest BCUT2D eigenvalue weighted by molar-refractivity contribution is 0.228.